The largest absolute Gasteiger partial charge is 0.493 e. The van der Waals surface area contributed by atoms with Crippen LogP contribution in [0.1, 0.15) is 12.8 Å². The van der Waals surface area contributed by atoms with Crippen molar-refractivity contribution in [2.45, 2.75) is 18.4 Å². The van der Waals surface area contributed by atoms with Gasteiger partial charge in [0, 0.05) is 5.92 Å². The number of hydrogen-bond acceptors (Lipinski definition) is 8. The Morgan fingerprint density at radius 1 is 1.00 bits per heavy atom. The van der Waals surface area contributed by atoms with Gasteiger partial charge in [0.1, 0.15) is 0 Å². The molecule has 0 aromatic heterocycles. The van der Waals surface area contributed by atoms with Gasteiger partial charge in [-0.3, -0.25) is 0 Å². The van der Waals surface area contributed by atoms with Crippen LogP contribution in [0.5, 0.6) is 0 Å². The minimum absolute atomic E-state index is 0.0114. The van der Waals surface area contributed by atoms with Crippen molar-refractivity contribution in [1.82, 2.24) is 0 Å². The predicted molar refractivity (Wildman–Crippen MR) is 87.0 cm³/mol. The average molecular weight is 364 g/mol. The molecule has 0 N–H and O–H groups in total. The molecule has 0 radical (unpaired) electrons. The van der Waals surface area contributed by atoms with E-state index in [0.29, 0.717) is 6.42 Å². The minimum Gasteiger partial charge on any atom is -0.493 e. The van der Waals surface area contributed by atoms with Gasteiger partial charge in [-0.25, -0.2) is 9.59 Å². The number of methoxy groups -OCH3 is 4. The van der Waals surface area contributed by atoms with Crippen LogP contribution in [0.25, 0.3) is 0 Å². The second kappa shape index (κ2) is 6.78. The molecular formula is C18H20O8. The maximum Gasteiger partial charge on any atom is 0.383 e. The highest BCUT2D eigenvalue weighted by Gasteiger charge is 2.54. The molecule has 3 rings (SSSR count). The van der Waals surface area contributed by atoms with Gasteiger partial charge in [0.05, 0.1) is 28.4 Å². The molecule has 0 amide bonds. The fourth-order valence-corrected chi connectivity index (χ4v) is 3.44. The number of cyclic esters (lactones) is 1. The summed E-state index contributed by atoms with van der Waals surface area (Å²) in [5.41, 5.74) is -1.16. The zero-order chi connectivity index (χ0) is 18.9. The number of carbonyl (C=O) groups excluding carboxylic acids is 2. The summed E-state index contributed by atoms with van der Waals surface area (Å²) in [5, 5.41) is 0. The maximum atomic E-state index is 12.2. The highest BCUT2D eigenvalue weighted by Crippen LogP contribution is 2.46. The van der Waals surface area contributed by atoms with Crippen LogP contribution in [0.4, 0.5) is 0 Å². The minimum atomic E-state index is -1.16. The molecule has 0 saturated heterocycles. The zero-order valence-electron chi connectivity index (χ0n) is 15.0. The number of esters is 2. The molecule has 1 aliphatic carbocycles. The van der Waals surface area contributed by atoms with E-state index in [9.17, 15) is 9.59 Å². The third-order valence-electron chi connectivity index (χ3n) is 4.56. The number of allylic oxidation sites excluding steroid dienone is 1. The molecule has 8 heteroatoms. The summed E-state index contributed by atoms with van der Waals surface area (Å²) in [6.45, 7) is 0. The topological polar surface area (TPSA) is 89.5 Å². The van der Waals surface area contributed by atoms with E-state index >= 15 is 0 Å². The summed E-state index contributed by atoms with van der Waals surface area (Å²) < 4.78 is 31.8. The molecule has 0 saturated carbocycles. The number of hydrogen-bond donors (Lipinski definition) is 0. The average Bonchev–Trinajstić information content (AvgIpc) is 3.09. The second-order valence-corrected chi connectivity index (χ2v) is 5.82. The van der Waals surface area contributed by atoms with Crippen molar-refractivity contribution in [3.05, 3.63) is 47.0 Å². The van der Waals surface area contributed by atoms with Crippen molar-refractivity contribution < 1.29 is 38.0 Å². The van der Waals surface area contributed by atoms with Crippen LogP contribution in [-0.4, -0.2) is 46.0 Å². The Balaban J connectivity index is 2.07. The first-order chi connectivity index (χ1) is 12.5. The standard InChI is InChI=1S/C18H20O8/c1-21-12-11(25-16(19)13(12)22-2)9-10-7-5-6-8-18(10)15(24-4)14(23-3)17(20)26-18/h6,8-10H,5,7H2,1-4H3/t10-,18-/m0/s1. The van der Waals surface area contributed by atoms with E-state index < -0.39 is 17.5 Å². The number of carbonyl (C=O) groups is 2. The van der Waals surface area contributed by atoms with Crippen LogP contribution >= 0.6 is 0 Å². The van der Waals surface area contributed by atoms with Gasteiger partial charge in [-0.2, -0.15) is 0 Å². The highest BCUT2D eigenvalue weighted by atomic mass is 16.6. The summed E-state index contributed by atoms with van der Waals surface area (Å²) in [6.07, 6.45) is 6.76. The third kappa shape index (κ3) is 2.53. The molecule has 2 atom stereocenters. The Hall–Kier alpha value is -2.90. The summed E-state index contributed by atoms with van der Waals surface area (Å²) in [7, 11) is 5.60. The van der Waals surface area contributed by atoms with Crippen LogP contribution in [0.15, 0.2) is 47.0 Å². The molecule has 2 aliphatic heterocycles. The van der Waals surface area contributed by atoms with Gasteiger partial charge < -0.3 is 28.4 Å². The van der Waals surface area contributed by atoms with E-state index in [-0.39, 0.29) is 34.7 Å². The van der Waals surface area contributed by atoms with E-state index in [1.54, 1.807) is 12.2 Å². The first kappa shape index (κ1) is 17.9. The molecule has 3 aliphatic rings. The SMILES string of the molecule is COC1=C(OC)C(=C[C@@H]2CCC=C[C@]23OC(=O)C(OC)=C3OC)OC1=O. The summed E-state index contributed by atoms with van der Waals surface area (Å²) in [4.78, 5) is 24.2. The molecule has 0 aromatic rings. The molecule has 0 fully saturated rings. The van der Waals surface area contributed by atoms with E-state index in [1.165, 1.54) is 28.4 Å². The summed E-state index contributed by atoms with van der Waals surface area (Å²) >= 11 is 0. The Morgan fingerprint density at radius 3 is 2.31 bits per heavy atom. The molecule has 0 bridgehead atoms. The lowest BCUT2D eigenvalue weighted by molar-refractivity contribution is -0.150. The molecular weight excluding hydrogens is 344 g/mol. The molecule has 0 unspecified atom stereocenters. The molecule has 1 spiro atoms. The van der Waals surface area contributed by atoms with Crippen LogP contribution in [0.3, 0.4) is 0 Å². The van der Waals surface area contributed by atoms with Gasteiger partial charge in [-0.15, -0.1) is 0 Å². The van der Waals surface area contributed by atoms with E-state index in [1.807, 2.05) is 6.08 Å². The number of ether oxygens (including phenoxy) is 6. The van der Waals surface area contributed by atoms with Crippen molar-refractivity contribution >= 4 is 11.9 Å². The summed E-state index contributed by atoms with van der Waals surface area (Å²) in [5.74, 6) is -0.908. The van der Waals surface area contributed by atoms with Crippen LogP contribution in [0, 0.1) is 5.92 Å². The van der Waals surface area contributed by atoms with Gasteiger partial charge in [-0.05, 0) is 25.0 Å². The third-order valence-corrected chi connectivity index (χ3v) is 4.56. The molecule has 26 heavy (non-hydrogen) atoms. The van der Waals surface area contributed by atoms with Gasteiger partial charge in [0.25, 0.3) is 5.76 Å². The van der Waals surface area contributed by atoms with Gasteiger partial charge in [0.15, 0.2) is 17.1 Å². The van der Waals surface area contributed by atoms with Gasteiger partial charge >= 0.3 is 11.9 Å². The Kier molecular flexibility index (Phi) is 4.67. The molecule has 8 nitrogen and oxygen atoms in total. The van der Waals surface area contributed by atoms with Gasteiger partial charge in [-0.1, -0.05) is 6.08 Å². The normalized spacial score (nSPS) is 29.4. The van der Waals surface area contributed by atoms with E-state index in [2.05, 4.69) is 0 Å². The highest BCUT2D eigenvalue weighted by molar-refractivity contribution is 5.92. The molecule has 2 heterocycles. The Bertz CT molecular complexity index is 757. The lowest BCUT2D eigenvalue weighted by Crippen LogP contribution is -2.40. The summed E-state index contributed by atoms with van der Waals surface area (Å²) in [6, 6.07) is 0. The van der Waals surface area contributed by atoms with Gasteiger partial charge in [0.2, 0.25) is 11.5 Å². The smallest absolute Gasteiger partial charge is 0.383 e. The lowest BCUT2D eigenvalue weighted by atomic mass is 9.78. The van der Waals surface area contributed by atoms with E-state index in [0.717, 1.165) is 6.42 Å². The van der Waals surface area contributed by atoms with Crippen LogP contribution in [-0.2, 0) is 38.0 Å². The Morgan fingerprint density at radius 2 is 1.69 bits per heavy atom. The van der Waals surface area contributed by atoms with E-state index in [4.69, 9.17) is 28.4 Å². The Labute approximate surface area is 150 Å². The van der Waals surface area contributed by atoms with Crippen molar-refractivity contribution in [1.29, 1.82) is 0 Å². The molecule has 140 valence electrons. The van der Waals surface area contributed by atoms with Crippen molar-refractivity contribution in [2.75, 3.05) is 28.4 Å². The maximum absolute atomic E-state index is 12.2. The zero-order valence-corrected chi connectivity index (χ0v) is 15.0. The lowest BCUT2D eigenvalue weighted by Gasteiger charge is -2.35. The van der Waals surface area contributed by atoms with Crippen LogP contribution in [0.2, 0.25) is 0 Å². The van der Waals surface area contributed by atoms with Crippen molar-refractivity contribution in [3.8, 4) is 0 Å². The first-order valence-electron chi connectivity index (χ1n) is 8.02. The van der Waals surface area contributed by atoms with Crippen molar-refractivity contribution in [3.63, 3.8) is 0 Å². The van der Waals surface area contributed by atoms with Crippen molar-refractivity contribution in [2.24, 2.45) is 5.92 Å². The second-order valence-electron chi connectivity index (χ2n) is 5.82. The predicted octanol–water partition coefficient (Wildman–Crippen LogP) is 1.70. The monoisotopic (exact) mass is 364 g/mol. The number of rotatable bonds is 5. The fourth-order valence-electron chi connectivity index (χ4n) is 3.44. The van der Waals surface area contributed by atoms with Crippen LogP contribution < -0.4 is 0 Å². The molecule has 0 aromatic carbocycles. The first-order valence-corrected chi connectivity index (χ1v) is 8.02. The quantitative estimate of drug-likeness (QED) is 0.538. The fraction of sp³-hybridized carbons (Fsp3) is 0.444.